The van der Waals surface area contributed by atoms with Crippen LogP contribution in [-0.4, -0.2) is 66.3 Å². The van der Waals surface area contributed by atoms with Crippen molar-refractivity contribution in [2.45, 2.75) is 45.2 Å². The average molecular weight is 295 g/mol. The monoisotopic (exact) mass is 295 g/mol. The van der Waals surface area contributed by atoms with Crippen molar-refractivity contribution in [2.75, 3.05) is 40.3 Å². The Bertz CT molecular complexity index is 422. The number of hydrogen-bond acceptors (Lipinski definition) is 6. The summed E-state index contributed by atoms with van der Waals surface area (Å²) in [5, 5.41) is 7.67. The molecule has 0 spiro atoms. The second-order valence-electron chi connectivity index (χ2n) is 6.22. The highest BCUT2D eigenvalue weighted by Gasteiger charge is 2.26. The molecule has 6 nitrogen and oxygen atoms in total. The molecule has 0 aliphatic carbocycles. The normalized spacial score (nSPS) is 23.1. The predicted octanol–water partition coefficient (Wildman–Crippen LogP) is 1.31. The summed E-state index contributed by atoms with van der Waals surface area (Å²) >= 11 is 0. The van der Waals surface area contributed by atoms with Gasteiger partial charge in [-0.3, -0.25) is 4.90 Å². The van der Waals surface area contributed by atoms with Gasteiger partial charge in [-0.15, -0.1) is 0 Å². The van der Waals surface area contributed by atoms with Crippen molar-refractivity contribution in [1.29, 1.82) is 0 Å². The molecular formula is C15H29N5O. The molecular weight excluding hydrogens is 266 g/mol. The van der Waals surface area contributed by atoms with E-state index >= 15 is 0 Å². The van der Waals surface area contributed by atoms with E-state index in [0.29, 0.717) is 6.04 Å². The van der Waals surface area contributed by atoms with E-state index in [1.807, 2.05) is 0 Å². The van der Waals surface area contributed by atoms with Gasteiger partial charge in [-0.2, -0.15) is 4.98 Å². The van der Waals surface area contributed by atoms with Crippen LogP contribution in [0, 0.1) is 0 Å². The van der Waals surface area contributed by atoms with Gasteiger partial charge >= 0.3 is 0 Å². The molecule has 21 heavy (non-hydrogen) atoms. The van der Waals surface area contributed by atoms with Crippen LogP contribution >= 0.6 is 0 Å². The van der Waals surface area contributed by atoms with Gasteiger partial charge in [0.1, 0.15) is 0 Å². The van der Waals surface area contributed by atoms with Gasteiger partial charge in [0.2, 0.25) is 5.89 Å². The van der Waals surface area contributed by atoms with E-state index in [1.54, 1.807) is 0 Å². The number of nitrogens with zero attached hydrogens (tertiary/aromatic N) is 4. The molecule has 0 aromatic carbocycles. The third kappa shape index (κ3) is 4.76. The van der Waals surface area contributed by atoms with Gasteiger partial charge < -0.3 is 14.7 Å². The summed E-state index contributed by atoms with van der Waals surface area (Å²) in [5.74, 6) is 1.56. The molecule has 6 heteroatoms. The highest BCUT2D eigenvalue weighted by Crippen LogP contribution is 2.20. The first-order valence-corrected chi connectivity index (χ1v) is 8.04. The molecule has 1 N–H and O–H groups in total. The van der Waals surface area contributed by atoms with Crippen LogP contribution in [0.2, 0.25) is 0 Å². The second kappa shape index (κ2) is 7.87. The van der Waals surface area contributed by atoms with Crippen molar-refractivity contribution in [3.05, 3.63) is 11.7 Å². The van der Waals surface area contributed by atoms with Crippen molar-refractivity contribution in [3.8, 4) is 0 Å². The van der Waals surface area contributed by atoms with Crippen LogP contribution in [0.15, 0.2) is 4.52 Å². The molecule has 0 amide bonds. The molecule has 1 saturated heterocycles. The van der Waals surface area contributed by atoms with Gasteiger partial charge in [-0.05, 0) is 53.5 Å². The summed E-state index contributed by atoms with van der Waals surface area (Å²) < 4.78 is 5.45. The van der Waals surface area contributed by atoms with Crippen LogP contribution in [0.1, 0.15) is 44.4 Å². The number of rotatable bonds is 6. The summed E-state index contributed by atoms with van der Waals surface area (Å²) in [6.45, 7) is 8.52. The zero-order valence-electron chi connectivity index (χ0n) is 13.8. The first kappa shape index (κ1) is 16.4. The number of nitrogens with one attached hydrogen (secondary N) is 1. The van der Waals surface area contributed by atoms with Crippen LogP contribution in [-0.2, 0) is 6.42 Å². The first-order chi connectivity index (χ1) is 10.1. The quantitative estimate of drug-likeness (QED) is 0.854. The Hall–Kier alpha value is -0.980. The summed E-state index contributed by atoms with van der Waals surface area (Å²) in [5.41, 5.74) is 0. The Morgan fingerprint density at radius 3 is 2.95 bits per heavy atom. The van der Waals surface area contributed by atoms with E-state index in [-0.39, 0.29) is 6.04 Å². The molecule has 2 rings (SSSR count). The lowest BCUT2D eigenvalue weighted by molar-refractivity contribution is 0.214. The largest absolute Gasteiger partial charge is 0.339 e. The lowest BCUT2D eigenvalue weighted by Crippen LogP contribution is -2.31. The Morgan fingerprint density at radius 1 is 1.38 bits per heavy atom. The fraction of sp³-hybridized carbons (Fsp3) is 0.867. The minimum atomic E-state index is 0.230. The van der Waals surface area contributed by atoms with Crippen LogP contribution in [0.25, 0.3) is 0 Å². The fourth-order valence-corrected chi connectivity index (χ4v) is 2.76. The SMILES string of the molecule is CCCNC(C)Cc1nc(C2CN(C)CCCN2C)no1. The predicted molar refractivity (Wildman–Crippen MR) is 83.2 cm³/mol. The molecule has 1 aliphatic rings. The molecule has 1 aliphatic heterocycles. The Balaban J connectivity index is 1.97. The van der Waals surface area contributed by atoms with E-state index in [2.05, 4.69) is 53.2 Å². The van der Waals surface area contributed by atoms with E-state index in [1.165, 1.54) is 6.42 Å². The van der Waals surface area contributed by atoms with Gasteiger partial charge in [0, 0.05) is 19.0 Å². The third-order valence-corrected chi connectivity index (χ3v) is 4.07. The molecule has 1 fully saturated rings. The molecule has 2 unspecified atom stereocenters. The molecule has 0 bridgehead atoms. The van der Waals surface area contributed by atoms with Crippen molar-refractivity contribution in [2.24, 2.45) is 0 Å². The topological polar surface area (TPSA) is 57.4 Å². The molecule has 0 saturated carbocycles. The summed E-state index contributed by atoms with van der Waals surface area (Å²) in [6.07, 6.45) is 3.12. The van der Waals surface area contributed by atoms with Crippen LogP contribution in [0.5, 0.6) is 0 Å². The summed E-state index contributed by atoms with van der Waals surface area (Å²) in [7, 11) is 4.30. The van der Waals surface area contributed by atoms with Gasteiger partial charge in [0.25, 0.3) is 0 Å². The number of hydrogen-bond donors (Lipinski definition) is 1. The van der Waals surface area contributed by atoms with Crippen LogP contribution in [0.4, 0.5) is 0 Å². The third-order valence-electron chi connectivity index (χ3n) is 4.07. The highest BCUT2D eigenvalue weighted by molar-refractivity contribution is 4.98. The second-order valence-corrected chi connectivity index (χ2v) is 6.22. The zero-order chi connectivity index (χ0) is 15.2. The Kier molecular flexibility index (Phi) is 6.14. The molecule has 1 aromatic heterocycles. The molecule has 1 aromatic rings. The molecule has 120 valence electrons. The minimum Gasteiger partial charge on any atom is -0.339 e. The highest BCUT2D eigenvalue weighted by atomic mass is 16.5. The van der Waals surface area contributed by atoms with E-state index < -0.39 is 0 Å². The van der Waals surface area contributed by atoms with Gasteiger partial charge in [0.15, 0.2) is 5.82 Å². The van der Waals surface area contributed by atoms with Gasteiger partial charge in [0.05, 0.1) is 6.04 Å². The van der Waals surface area contributed by atoms with Crippen molar-refractivity contribution in [3.63, 3.8) is 0 Å². The summed E-state index contributed by atoms with van der Waals surface area (Å²) in [6, 6.07) is 0.599. The molecule has 2 heterocycles. The number of likely N-dealkylation sites (N-methyl/N-ethyl adjacent to an activating group) is 2. The van der Waals surface area contributed by atoms with Crippen molar-refractivity contribution in [1.82, 2.24) is 25.3 Å². The average Bonchev–Trinajstić information content (AvgIpc) is 2.83. The fourth-order valence-electron chi connectivity index (χ4n) is 2.76. The van der Waals surface area contributed by atoms with Gasteiger partial charge in [-0.1, -0.05) is 12.1 Å². The van der Waals surface area contributed by atoms with Crippen molar-refractivity contribution >= 4 is 0 Å². The lowest BCUT2D eigenvalue weighted by atomic mass is 10.2. The maximum absolute atomic E-state index is 5.45. The smallest absolute Gasteiger partial charge is 0.228 e. The lowest BCUT2D eigenvalue weighted by Gasteiger charge is -2.24. The van der Waals surface area contributed by atoms with E-state index in [4.69, 9.17) is 4.52 Å². The van der Waals surface area contributed by atoms with E-state index in [0.717, 1.165) is 50.7 Å². The Morgan fingerprint density at radius 2 is 2.19 bits per heavy atom. The Labute approximate surface area is 127 Å². The van der Waals surface area contributed by atoms with Crippen molar-refractivity contribution < 1.29 is 4.52 Å². The van der Waals surface area contributed by atoms with Crippen LogP contribution < -0.4 is 5.32 Å². The first-order valence-electron chi connectivity index (χ1n) is 8.04. The maximum atomic E-state index is 5.45. The standard InChI is InChI=1S/C15H29N5O/c1-5-7-16-12(2)10-14-17-15(18-21-14)13-11-19(3)8-6-9-20(13)4/h12-13,16H,5-11H2,1-4H3. The van der Waals surface area contributed by atoms with Gasteiger partial charge in [-0.25, -0.2) is 0 Å². The zero-order valence-corrected chi connectivity index (χ0v) is 13.8. The number of aromatic nitrogens is 2. The molecule has 2 atom stereocenters. The summed E-state index contributed by atoms with van der Waals surface area (Å²) in [4.78, 5) is 9.30. The minimum absolute atomic E-state index is 0.230. The van der Waals surface area contributed by atoms with Crippen LogP contribution in [0.3, 0.4) is 0 Å². The van der Waals surface area contributed by atoms with E-state index in [9.17, 15) is 0 Å². The molecule has 0 radical (unpaired) electrons. The maximum Gasteiger partial charge on any atom is 0.228 e.